The van der Waals surface area contributed by atoms with E-state index in [1.165, 1.54) is 41.1 Å². The fraction of sp³-hybridized carbons (Fsp3) is 0.250. The van der Waals surface area contributed by atoms with Crippen LogP contribution >= 0.6 is 0 Å². The van der Waals surface area contributed by atoms with E-state index in [1.54, 1.807) is 0 Å². The van der Waals surface area contributed by atoms with Crippen molar-refractivity contribution in [2.75, 3.05) is 0 Å². The highest BCUT2D eigenvalue weighted by atomic mass is 15.2. The van der Waals surface area contributed by atoms with Crippen LogP contribution in [0.2, 0.25) is 0 Å². The summed E-state index contributed by atoms with van der Waals surface area (Å²) < 4.78 is 4.92. The van der Waals surface area contributed by atoms with Crippen molar-refractivity contribution < 1.29 is 4.57 Å². The molecule has 22 heavy (non-hydrogen) atoms. The number of aryl methyl sites for hydroxylation is 1. The highest BCUT2D eigenvalue weighted by Crippen LogP contribution is 2.24. The predicted molar refractivity (Wildman–Crippen MR) is 88.7 cm³/mol. The topological polar surface area (TPSA) is 8.81 Å². The maximum absolute atomic E-state index is 2.49. The van der Waals surface area contributed by atoms with E-state index in [9.17, 15) is 0 Å². The first-order valence-corrected chi connectivity index (χ1v) is 8.04. The number of hydrogen-bond donors (Lipinski definition) is 0. The van der Waals surface area contributed by atoms with Crippen molar-refractivity contribution in [2.45, 2.75) is 32.9 Å². The van der Waals surface area contributed by atoms with Gasteiger partial charge in [-0.3, -0.25) is 0 Å². The van der Waals surface area contributed by atoms with Crippen LogP contribution < -0.4 is 4.57 Å². The van der Waals surface area contributed by atoms with Gasteiger partial charge in [-0.1, -0.05) is 60.2 Å². The molecule has 110 valence electrons. The normalized spacial score (nSPS) is 13.3. The summed E-state index contributed by atoms with van der Waals surface area (Å²) in [6.45, 7) is 4.24. The van der Waals surface area contributed by atoms with Crippen molar-refractivity contribution in [1.82, 2.24) is 4.57 Å². The quantitative estimate of drug-likeness (QED) is 0.649. The minimum atomic E-state index is 0.961. The average molecular weight is 289 g/mol. The molecular weight excluding hydrogens is 268 g/mol. The lowest BCUT2D eigenvalue weighted by molar-refractivity contribution is -0.694. The Morgan fingerprint density at radius 3 is 2.55 bits per heavy atom. The second kappa shape index (κ2) is 5.45. The molecule has 2 nitrogen and oxygen atoms in total. The van der Waals surface area contributed by atoms with Crippen molar-refractivity contribution in [3.63, 3.8) is 0 Å². The Labute approximate surface area is 131 Å². The van der Waals surface area contributed by atoms with Crippen LogP contribution in [-0.2, 0) is 19.5 Å². The molecule has 0 N–H and O–H groups in total. The summed E-state index contributed by atoms with van der Waals surface area (Å²) in [5.41, 5.74) is 5.35. The predicted octanol–water partition coefficient (Wildman–Crippen LogP) is 3.75. The second-order valence-corrected chi connectivity index (χ2v) is 6.17. The van der Waals surface area contributed by atoms with Gasteiger partial charge in [-0.15, -0.1) is 0 Å². The van der Waals surface area contributed by atoms with Crippen molar-refractivity contribution in [3.8, 4) is 11.3 Å². The molecule has 0 atom stereocenters. The summed E-state index contributed by atoms with van der Waals surface area (Å²) in [4.78, 5) is 0. The van der Waals surface area contributed by atoms with Gasteiger partial charge in [-0.2, -0.15) is 0 Å². The molecule has 1 aromatic heterocycles. The Morgan fingerprint density at radius 1 is 1.00 bits per heavy atom. The van der Waals surface area contributed by atoms with Gasteiger partial charge >= 0.3 is 0 Å². The fourth-order valence-corrected chi connectivity index (χ4v) is 3.38. The summed E-state index contributed by atoms with van der Waals surface area (Å²) in [5, 5.41) is 0. The molecule has 0 fully saturated rings. The Bertz CT molecular complexity index is 783. The average Bonchev–Trinajstić information content (AvgIpc) is 3.14. The third-order valence-electron chi connectivity index (χ3n) is 4.54. The molecule has 0 bridgehead atoms. The summed E-state index contributed by atoms with van der Waals surface area (Å²) in [7, 11) is 0. The SMILES string of the molecule is Cc1ccc(C[n+]2cc(-c3ccccc3)n3c2CCC3)cc1. The summed E-state index contributed by atoms with van der Waals surface area (Å²) >= 11 is 0. The molecule has 2 aromatic carbocycles. The number of benzene rings is 2. The molecule has 0 spiro atoms. The van der Waals surface area contributed by atoms with Gasteiger partial charge in [0.1, 0.15) is 12.7 Å². The molecule has 0 aliphatic carbocycles. The van der Waals surface area contributed by atoms with Crippen LogP contribution in [0.5, 0.6) is 0 Å². The zero-order valence-electron chi connectivity index (χ0n) is 13.0. The van der Waals surface area contributed by atoms with Crippen LogP contribution in [0.1, 0.15) is 23.4 Å². The third-order valence-corrected chi connectivity index (χ3v) is 4.54. The fourth-order valence-electron chi connectivity index (χ4n) is 3.38. The second-order valence-electron chi connectivity index (χ2n) is 6.17. The molecule has 0 unspecified atom stereocenters. The van der Waals surface area contributed by atoms with Gasteiger partial charge in [0.25, 0.3) is 5.82 Å². The molecule has 0 saturated carbocycles. The smallest absolute Gasteiger partial charge is 0.229 e. The third kappa shape index (κ3) is 2.35. The van der Waals surface area contributed by atoms with Crippen LogP contribution in [0, 0.1) is 6.92 Å². The van der Waals surface area contributed by atoms with Gasteiger partial charge < -0.3 is 0 Å². The van der Waals surface area contributed by atoms with E-state index < -0.39 is 0 Å². The highest BCUT2D eigenvalue weighted by molar-refractivity contribution is 5.58. The van der Waals surface area contributed by atoms with Crippen LogP contribution in [0.3, 0.4) is 0 Å². The van der Waals surface area contributed by atoms with E-state index in [-0.39, 0.29) is 0 Å². The van der Waals surface area contributed by atoms with Crippen LogP contribution in [0.15, 0.2) is 60.8 Å². The number of fused-ring (bicyclic) bond motifs is 1. The summed E-state index contributed by atoms with van der Waals surface area (Å²) in [6, 6.07) is 19.6. The maximum Gasteiger partial charge on any atom is 0.257 e. The van der Waals surface area contributed by atoms with Gasteiger partial charge in [0.15, 0.2) is 5.69 Å². The van der Waals surface area contributed by atoms with E-state index in [1.807, 2.05) is 0 Å². The monoisotopic (exact) mass is 289 g/mol. The van der Waals surface area contributed by atoms with E-state index >= 15 is 0 Å². The van der Waals surface area contributed by atoms with Gasteiger partial charge in [0.05, 0.1) is 13.0 Å². The minimum absolute atomic E-state index is 0.961. The zero-order valence-corrected chi connectivity index (χ0v) is 13.0. The zero-order chi connectivity index (χ0) is 14.9. The molecule has 2 heteroatoms. The van der Waals surface area contributed by atoms with Crippen molar-refractivity contribution >= 4 is 0 Å². The van der Waals surface area contributed by atoms with Gasteiger partial charge in [-0.25, -0.2) is 9.13 Å². The minimum Gasteiger partial charge on any atom is -0.229 e. The Morgan fingerprint density at radius 2 is 1.77 bits per heavy atom. The molecule has 1 aliphatic heterocycles. The van der Waals surface area contributed by atoms with Crippen LogP contribution in [-0.4, -0.2) is 4.57 Å². The lowest BCUT2D eigenvalue weighted by Crippen LogP contribution is -2.36. The van der Waals surface area contributed by atoms with E-state index in [0.717, 1.165) is 13.1 Å². The summed E-state index contributed by atoms with van der Waals surface area (Å²) in [6.07, 6.45) is 4.76. The van der Waals surface area contributed by atoms with Gasteiger partial charge in [-0.05, 0) is 18.9 Å². The van der Waals surface area contributed by atoms with E-state index in [4.69, 9.17) is 0 Å². The molecular formula is C20H21N2+. The molecule has 3 aromatic rings. The number of aromatic nitrogens is 2. The van der Waals surface area contributed by atoms with Crippen molar-refractivity contribution in [3.05, 3.63) is 77.7 Å². The Balaban J connectivity index is 1.73. The Hall–Kier alpha value is -2.35. The first kappa shape index (κ1) is 13.3. The largest absolute Gasteiger partial charge is 0.257 e. The molecule has 0 radical (unpaired) electrons. The van der Waals surface area contributed by atoms with Crippen molar-refractivity contribution in [2.24, 2.45) is 0 Å². The van der Waals surface area contributed by atoms with E-state index in [2.05, 4.69) is 76.9 Å². The molecule has 4 rings (SSSR count). The first-order valence-electron chi connectivity index (χ1n) is 8.04. The van der Waals surface area contributed by atoms with Gasteiger partial charge in [0, 0.05) is 5.56 Å². The maximum atomic E-state index is 2.49. The molecule has 1 aliphatic rings. The molecule has 0 amide bonds. The van der Waals surface area contributed by atoms with Crippen molar-refractivity contribution in [1.29, 1.82) is 0 Å². The number of nitrogens with zero attached hydrogens (tertiary/aromatic N) is 2. The lowest BCUT2D eigenvalue weighted by Gasteiger charge is -2.00. The highest BCUT2D eigenvalue weighted by Gasteiger charge is 2.28. The van der Waals surface area contributed by atoms with Crippen LogP contribution in [0.4, 0.5) is 0 Å². The molecule has 2 heterocycles. The first-order chi connectivity index (χ1) is 10.8. The Kier molecular flexibility index (Phi) is 3.30. The molecule has 0 saturated heterocycles. The van der Waals surface area contributed by atoms with Gasteiger partial charge in [0.2, 0.25) is 0 Å². The summed E-state index contributed by atoms with van der Waals surface area (Å²) in [5.74, 6) is 1.46. The van der Waals surface area contributed by atoms with E-state index in [0.29, 0.717) is 0 Å². The number of imidazole rings is 1. The lowest BCUT2D eigenvalue weighted by atomic mass is 10.1. The number of rotatable bonds is 3. The number of hydrogen-bond acceptors (Lipinski definition) is 0. The standard InChI is InChI=1S/C20H21N2/c1-16-9-11-17(12-10-16)14-21-15-19(18-6-3-2-4-7-18)22-13-5-8-20(21)22/h2-4,6-7,9-12,15H,5,8,13-14H2,1H3/q+1. The van der Waals surface area contributed by atoms with Crippen LogP contribution in [0.25, 0.3) is 11.3 Å².